The van der Waals surface area contributed by atoms with Crippen molar-refractivity contribution in [1.82, 2.24) is 19.9 Å². The molecule has 2 aliphatic rings. The van der Waals surface area contributed by atoms with Crippen molar-refractivity contribution < 1.29 is 19.7 Å². The molecule has 0 bridgehead atoms. The van der Waals surface area contributed by atoms with Gasteiger partial charge in [0.05, 0.1) is 17.3 Å². The van der Waals surface area contributed by atoms with Gasteiger partial charge in [-0.2, -0.15) is 0 Å². The molecule has 1 aliphatic heterocycles. The van der Waals surface area contributed by atoms with E-state index in [1.165, 1.54) is 6.33 Å². The molecule has 29 heavy (non-hydrogen) atoms. The van der Waals surface area contributed by atoms with E-state index in [1.807, 2.05) is 35.9 Å². The lowest BCUT2D eigenvalue weighted by molar-refractivity contribution is -0.0165. The topological polar surface area (TPSA) is 110 Å². The van der Waals surface area contributed by atoms with Crippen molar-refractivity contribution in [3.05, 3.63) is 53.6 Å². The zero-order valence-electron chi connectivity index (χ0n) is 15.9. The van der Waals surface area contributed by atoms with E-state index in [1.54, 1.807) is 6.07 Å². The van der Waals surface area contributed by atoms with Gasteiger partial charge in [0, 0.05) is 24.5 Å². The minimum Gasteiger partial charge on any atom is -0.487 e. The second-order valence-electron chi connectivity index (χ2n) is 7.66. The number of aliphatic hydroxyl groups is 2. The van der Waals surface area contributed by atoms with Crippen LogP contribution in [0.4, 0.5) is 0 Å². The van der Waals surface area contributed by atoms with Crippen molar-refractivity contribution in [3.8, 4) is 5.75 Å². The standard InChI is InChI=1S/C21H22N4O4/c1-11-13-6-8-25(20(13)24-10-23-11)14-9-16(19(27)18(14)26)29-15-4-2-3-12-5-7-22-21(28)17(12)15/h2-4,6,8,10,14,16,18-19,26-27H,5,7,9H2,1H3,(H,22,28)/t14?,16?,18-,19+/m0/s1. The highest BCUT2D eigenvalue weighted by molar-refractivity contribution is 5.99. The lowest BCUT2D eigenvalue weighted by Gasteiger charge is -2.23. The lowest BCUT2D eigenvalue weighted by atomic mass is 9.99. The summed E-state index contributed by atoms with van der Waals surface area (Å²) in [4.78, 5) is 20.9. The number of carbonyl (C=O) groups excluding carboxylic acids is 1. The van der Waals surface area contributed by atoms with E-state index in [0.717, 1.165) is 23.1 Å². The number of rotatable bonds is 3. The number of carbonyl (C=O) groups is 1. The van der Waals surface area contributed by atoms with Crippen molar-refractivity contribution in [2.75, 3.05) is 6.54 Å². The molecule has 8 nitrogen and oxygen atoms in total. The highest BCUT2D eigenvalue weighted by atomic mass is 16.5. The van der Waals surface area contributed by atoms with Crippen LogP contribution < -0.4 is 10.1 Å². The van der Waals surface area contributed by atoms with Crippen LogP contribution in [0, 0.1) is 6.92 Å². The third-order valence-corrected chi connectivity index (χ3v) is 5.96. The molecule has 1 saturated carbocycles. The molecule has 4 atom stereocenters. The number of nitrogens with zero attached hydrogens (tertiary/aromatic N) is 3. The number of aryl methyl sites for hydroxylation is 1. The molecule has 1 aliphatic carbocycles. The van der Waals surface area contributed by atoms with Crippen LogP contribution in [0.2, 0.25) is 0 Å². The van der Waals surface area contributed by atoms with Crippen LogP contribution in [0.1, 0.15) is 34.1 Å². The highest BCUT2D eigenvalue weighted by Gasteiger charge is 2.44. The van der Waals surface area contributed by atoms with Crippen molar-refractivity contribution >= 4 is 16.9 Å². The molecule has 2 aromatic heterocycles. The van der Waals surface area contributed by atoms with E-state index in [9.17, 15) is 15.0 Å². The van der Waals surface area contributed by atoms with Gasteiger partial charge in [0.25, 0.3) is 5.91 Å². The Bertz CT molecular complexity index is 1100. The van der Waals surface area contributed by atoms with E-state index in [4.69, 9.17) is 4.74 Å². The van der Waals surface area contributed by atoms with E-state index in [-0.39, 0.29) is 5.91 Å². The first-order chi connectivity index (χ1) is 14.0. The minimum atomic E-state index is -1.08. The Morgan fingerprint density at radius 2 is 2.07 bits per heavy atom. The van der Waals surface area contributed by atoms with Gasteiger partial charge < -0.3 is 24.8 Å². The summed E-state index contributed by atoms with van der Waals surface area (Å²) in [5.74, 6) is 0.266. The summed E-state index contributed by atoms with van der Waals surface area (Å²) in [5, 5.41) is 25.1. The van der Waals surface area contributed by atoms with Gasteiger partial charge in [-0.15, -0.1) is 0 Å². The van der Waals surface area contributed by atoms with Crippen LogP contribution in [0.3, 0.4) is 0 Å². The van der Waals surface area contributed by atoms with E-state index in [2.05, 4.69) is 15.3 Å². The van der Waals surface area contributed by atoms with Gasteiger partial charge >= 0.3 is 0 Å². The van der Waals surface area contributed by atoms with Crippen molar-refractivity contribution in [2.45, 2.75) is 44.1 Å². The number of amides is 1. The molecule has 1 aromatic carbocycles. The first-order valence-electron chi connectivity index (χ1n) is 9.75. The predicted octanol–water partition coefficient (Wildman–Crippen LogP) is 1.14. The highest BCUT2D eigenvalue weighted by Crippen LogP contribution is 2.37. The van der Waals surface area contributed by atoms with Crippen LogP contribution in [0.5, 0.6) is 5.75 Å². The third kappa shape index (κ3) is 2.87. The molecule has 3 heterocycles. The molecule has 3 N–H and O–H groups in total. The van der Waals surface area contributed by atoms with Gasteiger partial charge in [-0.3, -0.25) is 4.79 Å². The molecule has 150 valence electrons. The summed E-state index contributed by atoms with van der Waals surface area (Å²) in [6, 6.07) is 7.02. The van der Waals surface area contributed by atoms with Crippen LogP contribution >= 0.6 is 0 Å². The van der Waals surface area contributed by atoms with Crippen molar-refractivity contribution in [1.29, 1.82) is 0 Å². The van der Waals surface area contributed by atoms with Crippen molar-refractivity contribution in [2.24, 2.45) is 0 Å². The normalized spacial score (nSPS) is 26.4. The molecular formula is C21H22N4O4. The first kappa shape index (κ1) is 18.1. The first-order valence-corrected chi connectivity index (χ1v) is 9.75. The minimum absolute atomic E-state index is 0.171. The fourth-order valence-electron chi connectivity index (χ4n) is 4.43. The second kappa shape index (κ2) is 6.82. The SMILES string of the molecule is Cc1ncnc2c1ccn2C1CC(Oc2cccc3c2C(=O)NCC3)[C@@H](O)[C@H]1O. The number of hydrogen-bond donors (Lipinski definition) is 3. The quantitative estimate of drug-likeness (QED) is 0.615. The predicted molar refractivity (Wildman–Crippen MR) is 105 cm³/mol. The zero-order chi connectivity index (χ0) is 20.1. The maximum absolute atomic E-state index is 12.3. The molecule has 8 heteroatoms. The van der Waals surface area contributed by atoms with Crippen LogP contribution in [-0.2, 0) is 6.42 Å². The lowest BCUT2D eigenvalue weighted by Crippen LogP contribution is -2.36. The third-order valence-electron chi connectivity index (χ3n) is 5.96. The number of hydrogen-bond acceptors (Lipinski definition) is 6. The molecule has 1 amide bonds. The molecule has 0 saturated heterocycles. The number of ether oxygens (including phenoxy) is 1. The molecule has 5 rings (SSSR count). The fourth-order valence-corrected chi connectivity index (χ4v) is 4.43. The Balaban J connectivity index is 1.45. The molecule has 2 unspecified atom stereocenters. The summed E-state index contributed by atoms with van der Waals surface area (Å²) >= 11 is 0. The summed E-state index contributed by atoms with van der Waals surface area (Å²) in [6.45, 7) is 2.51. The Hall–Kier alpha value is -2.97. The number of aromatic nitrogens is 3. The molecule has 0 radical (unpaired) electrons. The average Bonchev–Trinajstić information content (AvgIpc) is 3.26. The van der Waals surface area contributed by atoms with Gasteiger partial charge in [-0.05, 0) is 31.0 Å². The fraction of sp³-hybridized carbons (Fsp3) is 0.381. The van der Waals surface area contributed by atoms with Crippen LogP contribution in [-0.4, -0.2) is 55.5 Å². The smallest absolute Gasteiger partial charge is 0.255 e. The molecular weight excluding hydrogens is 372 g/mol. The summed E-state index contributed by atoms with van der Waals surface area (Å²) in [5.41, 5.74) is 3.01. The molecule has 0 spiro atoms. The number of nitrogens with one attached hydrogen (secondary N) is 1. The van der Waals surface area contributed by atoms with Crippen LogP contribution in [0.15, 0.2) is 36.8 Å². The number of fused-ring (bicyclic) bond motifs is 2. The van der Waals surface area contributed by atoms with E-state index < -0.39 is 24.4 Å². The van der Waals surface area contributed by atoms with Gasteiger partial charge in [0.15, 0.2) is 0 Å². The summed E-state index contributed by atoms with van der Waals surface area (Å²) in [6.07, 6.45) is 1.74. The van der Waals surface area contributed by atoms with Crippen molar-refractivity contribution in [3.63, 3.8) is 0 Å². The largest absolute Gasteiger partial charge is 0.487 e. The monoisotopic (exact) mass is 394 g/mol. The Morgan fingerprint density at radius 1 is 1.21 bits per heavy atom. The Kier molecular flexibility index (Phi) is 4.25. The summed E-state index contributed by atoms with van der Waals surface area (Å²) in [7, 11) is 0. The number of benzene rings is 1. The van der Waals surface area contributed by atoms with Gasteiger partial charge in [-0.25, -0.2) is 9.97 Å². The molecule has 1 fully saturated rings. The molecule has 3 aromatic rings. The van der Waals surface area contributed by atoms with Gasteiger partial charge in [0.2, 0.25) is 0 Å². The maximum atomic E-state index is 12.3. The zero-order valence-corrected chi connectivity index (χ0v) is 15.9. The van der Waals surface area contributed by atoms with E-state index >= 15 is 0 Å². The maximum Gasteiger partial charge on any atom is 0.255 e. The summed E-state index contributed by atoms with van der Waals surface area (Å²) < 4.78 is 7.94. The van der Waals surface area contributed by atoms with E-state index in [0.29, 0.717) is 29.9 Å². The Morgan fingerprint density at radius 3 is 2.93 bits per heavy atom. The Labute approximate surface area is 167 Å². The second-order valence-corrected chi connectivity index (χ2v) is 7.66. The van der Waals surface area contributed by atoms with Gasteiger partial charge in [0.1, 0.15) is 36.0 Å². The number of aliphatic hydroxyl groups excluding tert-OH is 2. The van der Waals surface area contributed by atoms with Gasteiger partial charge in [-0.1, -0.05) is 12.1 Å². The van der Waals surface area contributed by atoms with Crippen LogP contribution in [0.25, 0.3) is 11.0 Å². The average molecular weight is 394 g/mol.